The molecule has 0 aliphatic rings. The predicted molar refractivity (Wildman–Crippen MR) is 153 cm³/mol. The van der Waals surface area contributed by atoms with Gasteiger partial charge >= 0.3 is 12.1 Å². The third-order valence-corrected chi connectivity index (χ3v) is 6.81. The molecule has 0 aliphatic carbocycles. The van der Waals surface area contributed by atoms with Gasteiger partial charge in [0.05, 0.1) is 25.6 Å². The molecule has 42 heavy (non-hydrogen) atoms. The van der Waals surface area contributed by atoms with Crippen molar-refractivity contribution in [3.05, 3.63) is 88.5 Å². The molecule has 4 aromatic rings. The van der Waals surface area contributed by atoms with Gasteiger partial charge in [0.15, 0.2) is 11.2 Å². The lowest BCUT2D eigenvalue weighted by atomic mass is 9.81. The molecule has 0 spiro atoms. The highest BCUT2D eigenvalue weighted by Gasteiger charge is 2.46. The molecule has 0 bridgehead atoms. The zero-order chi connectivity index (χ0) is 30.1. The molecule has 13 heteroatoms. The summed E-state index contributed by atoms with van der Waals surface area (Å²) in [4.78, 5) is 48.4. The number of anilines is 1. The van der Waals surface area contributed by atoms with Crippen LogP contribution in [-0.2, 0) is 38.9 Å². The number of imidazole rings is 1. The number of aromatic amines is 1. The fourth-order valence-corrected chi connectivity index (χ4v) is 4.42. The summed E-state index contributed by atoms with van der Waals surface area (Å²) in [5.41, 5.74) is 5.41. The predicted octanol–water partition coefficient (Wildman–Crippen LogP) is 3.06. The number of fused-ring (bicyclic) bond motifs is 1. The van der Waals surface area contributed by atoms with Crippen LogP contribution in [0, 0.1) is 5.92 Å². The standard InChI is InChI=1S/C29H34N6O7/c1-19(2)29(26(37)38,34-28(39)41-15-21-11-7-4-8-12-21)13-22(16-40-14-20-9-5-3-6-10-20)42-18-35-17-31-23-24(35)32-27(30)33-25(23)36/h3-12,17,19,22H,13-16,18H2,1-2H3,(H,34,39)(H,37,38)(H3,30,32,33,36)/t22?,29-/m0/s1. The number of aliphatic carboxylic acids is 1. The van der Waals surface area contributed by atoms with Gasteiger partial charge in [0, 0.05) is 6.42 Å². The molecule has 0 saturated heterocycles. The second-order valence-corrected chi connectivity index (χ2v) is 10.1. The van der Waals surface area contributed by atoms with Crippen molar-refractivity contribution in [2.45, 2.75) is 51.9 Å². The molecule has 2 atom stereocenters. The van der Waals surface area contributed by atoms with Gasteiger partial charge in [0.1, 0.15) is 18.9 Å². The van der Waals surface area contributed by atoms with Crippen LogP contribution in [0.2, 0.25) is 0 Å². The SMILES string of the molecule is CC(C)[C@](CC(COCc1ccccc1)OCn1cnc2c(=O)[nH]c(N)nc21)(NC(=O)OCc1ccccc1)C(=O)O. The molecule has 13 nitrogen and oxygen atoms in total. The van der Waals surface area contributed by atoms with E-state index in [9.17, 15) is 19.5 Å². The molecule has 5 N–H and O–H groups in total. The molecular formula is C29H34N6O7. The number of carboxylic acid groups (broad SMARTS) is 1. The Labute approximate surface area is 241 Å². The van der Waals surface area contributed by atoms with Crippen LogP contribution in [0.25, 0.3) is 11.2 Å². The van der Waals surface area contributed by atoms with Crippen LogP contribution in [0.1, 0.15) is 31.4 Å². The summed E-state index contributed by atoms with van der Waals surface area (Å²) < 4.78 is 18.9. The average molecular weight is 579 g/mol. The first-order valence-corrected chi connectivity index (χ1v) is 13.3. The Morgan fingerprint density at radius 1 is 1.07 bits per heavy atom. The van der Waals surface area contributed by atoms with E-state index >= 15 is 0 Å². The average Bonchev–Trinajstić information content (AvgIpc) is 3.38. The number of nitrogen functional groups attached to an aromatic ring is 1. The van der Waals surface area contributed by atoms with Crippen LogP contribution in [0.4, 0.5) is 10.7 Å². The summed E-state index contributed by atoms with van der Waals surface area (Å²) in [6.07, 6.45) is -0.477. The number of hydrogen-bond donors (Lipinski definition) is 4. The van der Waals surface area contributed by atoms with Gasteiger partial charge in [-0.25, -0.2) is 14.6 Å². The van der Waals surface area contributed by atoms with Gasteiger partial charge in [0.25, 0.3) is 5.56 Å². The number of H-pyrrole nitrogens is 1. The van der Waals surface area contributed by atoms with Gasteiger partial charge < -0.3 is 30.4 Å². The van der Waals surface area contributed by atoms with Crippen molar-refractivity contribution in [1.82, 2.24) is 24.8 Å². The molecule has 1 unspecified atom stereocenters. The number of hydrogen-bond acceptors (Lipinski definition) is 9. The highest BCUT2D eigenvalue weighted by molar-refractivity contribution is 5.84. The van der Waals surface area contributed by atoms with E-state index in [-0.39, 0.29) is 50.1 Å². The van der Waals surface area contributed by atoms with E-state index in [0.29, 0.717) is 0 Å². The molecule has 2 heterocycles. The fraction of sp³-hybridized carbons (Fsp3) is 0.345. The minimum absolute atomic E-state index is 0.000166. The summed E-state index contributed by atoms with van der Waals surface area (Å²) in [7, 11) is 0. The van der Waals surface area contributed by atoms with Gasteiger partial charge in [-0.2, -0.15) is 4.98 Å². The first-order chi connectivity index (χ1) is 20.2. The Morgan fingerprint density at radius 3 is 2.33 bits per heavy atom. The third kappa shape index (κ3) is 7.50. The Bertz CT molecular complexity index is 1540. The van der Waals surface area contributed by atoms with E-state index in [2.05, 4.69) is 20.3 Å². The van der Waals surface area contributed by atoms with Gasteiger partial charge in [-0.1, -0.05) is 74.5 Å². The van der Waals surface area contributed by atoms with Crippen molar-refractivity contribution in [3.63, 3.8) is 0 Å². The summed E-state index contributed by atoms with van der Waals surface area (Å²) in [6.45, 7) is 3.48. The number of nitrogens with zero attached hydrogens (tertiary/aromatic N) is 3. The van der Waals surface area contributed by atoms with Crippen molar-refractivity contribution in [2.75, 3.05) is 12.3 Å². The van der Waals surface area contributed by atoms with E-state index in [0.717, 1.165) is 11.1 Å². The molecule has 0 fully saturated rings. The lowest BCUT2D eigenvalue weighted by Gasteiger charge is -2.36. The Morgan fingerprint density at radius 2 is 1.71 bits per heavy atom. The number of carboxylic acids is 1. The number of nitrogens with two attached hydrogens (primary N) is 1. The van der Waals surface area contributed by atoms with E-state index in [1.807, 2.05) is 48.5 Å². The zero-order valence-corrected chi connectivity index (χ0v) is 23.4. The van der Waals surface area contributed by atoms with Crippen LogP contribution < -0.4 is 16.6 Å². The lowest BCUT2D eigenvalue weighted by Crippen LogP contribution is -2.60. The summed E-state index contributed by atoms with van der Waals surface area (Å²) in [6, 6.07) is 18.5. The molecule has 4 rings (SSSR count). The second kappa shape index (κ2) is 13.7. The van der Waals surface area contributed by atoms with E-state index in [1.165, 1.54) is 10.9 Å². The third-order valence-electron chi connectivity index (χ3n) is 6.81. The number of nitrogens with one attached hydrogen (secondary N) is 2. The normalized spacial score (nSPS) is 13.5. The quantitative estimate of drug-likeness (QED) is 0.173. The first-order valence-electron chi connectivity index (χ1n) is 13.3. The van der Waals surface area contributed by atoms with Crippen LogP contribution in [-0.4, -0.2) is 54.9 Å². The van der Waals surface area contributed by atoms with E-state index in [1.54, 1.807) is 26.0 Å². The fourth-order valence-electron chi connectivity index (χ4n) is 4.42. The molecule has 1 amide bonds. The van der Waals surface area contributed by atoms with Gasteiger partial charge in [0.2, 0.25) is 5.95 Å². The number of alkyl carbamates (subject to hydrolysis) is 1. The maximum absolute atomic E-state index is 12.8. The highest BCUT2D eigenvalue weighted by Crippen LogP contribution is 2.26. The van der Waals surface area contributed by atoms with E-state index in [4.69, 9.17) is 19.9 Å². The Kier molecular flexibility index (Phi) is 9.89. The number of carbonyl (C=O) groups is 2. The smallest absolute Gasteiger partial charge is 0.408 e. The molecule has 2 aromatic carbocycles. The zero-order valence-electron chi connectivity index (χ0n) is 23.4. The number of aromatic nitrogens is 4. The van der Waals surface area contributed by atoms with E-state index < -0.39 is 35.2 Å². The summed E-state index contributed by atoms with van der Waals surface area (Å²) >= 11 is 0. The van der Waals surface area contributed by atoms with Gasteiger partial charge in [-0.05, 0) is 17.0 Å². The minimum atomic E-state index is -1.76. The van der Waals surface area contributed by atoms with Crippen LogP contribution in [0.3, 0.4) is 0 Å². The molecule has 0 aliphatic heterocycles. The van der Waals surface area contributed by atoms with Crippen molar-refractivity contribution in [3.8, 4) is 0 Å². The summed E-state index contributed by atoms with van der Waals surface area (Å²) in [5.74, 6) is -1.90. The van der Waals surface area contributed by atoms with Crippen molar-refractivity contribution >= 4 is 29.2 Å². The monoisotopic (exact) mass is 578 g/mol. The van der Waals surface area contributed by atoms with Crippen molar-refractivity contribution < 1.29 is 28.9 Å². The lowest BCUT2D eigenvalue weighted by molar-refractivity contribution is -0.151. The molecule has 222 valence electrons. The van der Waals surface area contributed by atoms with Crippen molar-refractivity contribution in [2.24, 2.45) is 5.92 Å². The number of carbonyl (C=O) groups excluding carboxylic acids is 1. The second-order valence-electron chi connectivity index (χ2n) is 10.1. The highest BCUT2D eigenvalue weighted by atomic mass is 16.6. The van der Waals surface area contributed by atoms with Crippen LogP contribution in [0.5, 0.6) is 0 Å². The summed E-state index contributed by atoms with van der Waals surface area (Å²) in [5, 5.41) is 13.0. The number of rotatable bonds is 14. The number of amides is 1. The maximum atomic E-state index is 12.8. The molecule has 0 radical (unpaired) electrons. The molecule has 0 saturated carbocycles. The Hall–Kier alpha value is -4.75. The Balaban J connectivity index is 1.53. The first kappa shape index (κ1) is 30.2. The minimum Gasteiger partial charge on any atom is -0.479 e. The van der Waals surface area contributed by atoms with Gasteiger partial charge in [-0.3, -0.25) is 14.3 Å². The number of ether oxygens (including phenoxy) is 3. The topological polar surface area (TPSA) is 184 Å². The molecule has 2 aromatic heterocycles. The largest absolute Gasteiger partial charge is 0.479 e. The molecular weight excluding hydrogens is 544 g/mol. The van der Waals surface area contributed by atoms with Gasteiger partial charge in [-0.15, -0.1) is 0 Å². The van der Waals surface area contributed by atoms with Crippen molar-refractivity contribution in [1.29, 1.82) is 0 Å². The van der Waals surface area contributed by atoms with Crippen LogP contribution in [0.15, 0.2) is 71.8 Å². The maximum Gasteiger partial charge on any atom is 0.408 e. The number of benzene rings is 2. The van der Waals surface area contributed by atoms with Crippen LogP contribution >= 0.6 is 0 Å².